The van der Waals surface area contributed by atoms with Gasteiger partial charge in [0.15, 0.2) is 5.76 Å². The third-order valence-electron chi connectivity index (χ3n) is 3.97. The average Bonchev–Trinajstić information content (AvgIpc) is 3.18. The number of urea groups is 1. The van der Waals surface area contributed by atoms with Crippen molar-refractivity contribution in [1.29, 1.82) is 0 Å². The van der Waals surface area contributed by atoms with Crippen molar-refractivity contribution >= 4 is 11.9 Å². The van der Waals surface area contributed by atoms with Gasteiger partial charge in [-0.15, -0.1) is 0 Å². The molecule has 0 bridgehead atoms. The molecule has 7 nitrogen and oxygen atoms in total. The second-order valence-corrected chi connectivity index (χ2v) is 6.43. The van der Waals surface area contributed by atoms with Crippen LogP contribution in [-0.4, -0.2) is 38.7 Å². The van der Waals surface area contributed by atoms with E-state index in [1.54, 1.807) is 19.2 Å². The normalized spacial score (nSPS) is 10.9. The fourth-order valence-electron chi connectivity index (χ4n) is 2.51. The fraction of sp³-hybridized carbons (Fsp3) is 0.368. The zero-order valence-electron chi connectivity index (χ0n) is 15.3. The summed E-state index contributed by atoms with van der Waals surface area (Å²) < 4.78 is 10.4. The highest BCUT2D eigenvalue weighted by Gasteiger charge is 2.24. The van der Waals surface area contributed by atoms with Crippen molar-refractivity contribution in [3.05, 3.63) is 54.0 Å². The Bertz CT molecular complexity index is 726. The SMILES string of the molecule is COc1ccccc1C(C)(C)CNC(=O)NCCNC(=O)c1ccco1. The molecule has 0 radical (unpaired) electrons. The van der Waals surface area contributed by atoms with Crippen molar-refractivity contribution < 1.29 is 18.7 Å². The fourth-order valence-corrected chi connectivity index (χ4v) is 2.51. The van der Waals surface area contributed by atoms with Gasteiger partial charge >= 0.3 is 6.03 Å². The maximum absolute atomic E-state index is 12.0. The van der Waals surface area contributed by atoms with Crippen molar-refractivity contribution in [3.8, 4) is 5.75 Å². The van der Waals surface area contributed by atoms with Crippen LogP contribution in [-0.2, 0) is 5.41 Å². The summed E-state index contributed by atoms with van der Waals surface area (Å²) in [5, 5.41) is 8.22. The molecule has 2 rings (SSSR count). The van der Waals surface area contributed by atoms with Gasteiger partial charge < -0.3 is 25.1 Å². The number of methoxy groups -OCH3 is 1. The summed E-state index contributed by atoms with van der Waals surface area (Å²) in [6, 6.07) is 10.7. The number of rotatable bonds is 8. The number of amides is 3. The predicted octanol–water partition coefficient (Wildman–Crippen LogP) is 2.29. The minimum absolute atomic E-state index is 0.244. The number of para-hydroxylation sites is 1. The molecule has 3 N–H and O–H groups in total. The zero-order valence-corrected chi connectivity index (χ0v) is 15.3. The molecule has 2 aromatic rings. The Balaban J connectivity index is 1.73. The number of carbonyl (C=O) groups excluding carboxylic acids is 2. The van der Waals surface area contributed by atoms with Crippen LogP contribution in [0, 0.1) is 0 Å². The summed E-state index contributed by atoms with van der Waals surface area (Å²) in [6.45, 7) is 5.14. The van der Waals surface area contributed by atoms with Crippen LogP contribution in [0.3, 0.4) is 0 Å². The number of hydrogen-bond donors (Lipinski definition) is 3. The van der Waals surface area contributed by atoms with E-state index in [1.165, 1.54) is 6.26 Å². The largest absolute Gasteiger partial charge is 0.496 e. The number of ether oxygens (including phenoxy) is 1. The minimum atomic E-state index is -0.311. The van der Waals surface area contributed by atoms with E-state index in [9.17, 15) is 9.59 Å². The highest BCUT2D eigenvalue weighted by atomic mass is 16.5. The number of nitrogens with one attached hydrogen (secondary N) is 3. The molecule has 0 saturated carbocycles. The Morgan fingerprint density at radius 3 is 2.46 bits per heavy atom. The van der Waals surface area contributed by atoms with Crippen LogP contribution in [0.5, 0.6) is 5.75 Å². The first kappa shape index (κ1) is 19.4. The number of benzene rings is 1. The van der Waals surface area contributed by atoms with Gasteiger partial charge in [0, 0.05) is 30.6 Å². The molecule has 7 heteroatoms. The first-order chi connectivity index (χ1) is 12.4. The molecule has 3 amide bonds. The Morgan fingerprint density at radius 1 is 1.04 bits per heavy atom. The van der Waals surface area contributed by atoms with Crippen LogP contribution < -0.4 is 20.7 Å². The van der Waals surface area contributed by atoms with E-state index in [2.05, 4.69) is 16.0 Å². The lowest BCUT2D eigenvalue weighted by atomic mass is 9.84. The van der Waals surface area contributed by atoms with Gasteiger partial charge in [0.05, 0.1) is 13.4 Å². The second kappa shape index (κ2) is 8.94. The summed E-state index contributed by atoms with van der Waals surface area (Å²) in [4.78, 5) is 23.6. The highest BCUT2D eigenvalue weighted by Crippen LogP contribution is 2.30. The van der Waals surface area contributed by atoms with E-state index in [-0.39, 0.29) is 23.1 Å². The molecule has 0 saturated heterocycles. The Labute approximate surface area is 153 Å². The third-order valence-corrected chi connectivity index (χ3v) is 3.97. The van der Waals surface area contributed by atoms with Gasteiger partial charge in [-0.1, -0.05) is 32.0 Å². The average molecular weight is 359 g/mol. The van der Waals surface area contributed by atoms with Crippen molar-refractivity contribution in [2.75, 3.05) is 26.7 Å². The summed E-state index contributed by atoms with van der Waals surface area (Å²) >= 11 is 0. The number of carbonyl (C=O) groups is 2. The van der Waals surface area contributed by atoms with E-state index in [1.807, 2.05) is 38.1 Å². The summed E-state index contributed by atoms with van der Waals surface area (Å²) in [6.07, 6.45) is 1.43. The first-order valence-corrected chi connectivity index (χ1v) is 8.41. The van der Waals surface area contributed by atoms with Crippen molar-refractivity contribution in [2.24, 2.45) is 0 Å². The quantitative estimate of drug-likeness (QED) is 0.631. The Morgan fingerprint density at radius 2 is 1.77 bits per heavy atom. The van der Waals surface area contributed by atoms with E-state index < -0.39 is 0 Å². The van der Waals surface area contributed by atoms with Gasteiger partial charge in [0.2, 0.25) is 0 Å². The lowest BCUT2D eigenvalue weighted by molar-refractivity contribution is 0.0926. The standard InChI is InChI=1S/C19H25N3O4/c1-19(2,14-7-4-5-8-15(14)25-3)13-22-18(24)21-11-10-20-17(23)16-9-6-12-26-16/h4-9,12H,10-11,13H2,1-3H3,(H,20,23)(H2,21,22,24). The highest BCUT2D eigenvalue weighted by molar-refractivity contribution is 5.91. The molecule has 0 aliphatic rings. The van der Waals surface area contributed by atoms with Crippen LogP contribution in [0.4, 0.5) is 4.79 Å². The summed E-state index contributed by atoms with van der Waals surface area (Å²) in [5.74, 6) is 0.725. The summed E-state index contributed by atoms with van der Waals surface area (Å²) in [5.41, 5.74) is 0.728. The number of furan rings is 1. The molecule has 1 aromatic carbocycles. The third kappa shape index (κ3) is 5.27. The van der Waals surface area contributed by atoms with Crippen LogP contribution in [0.2, 0.25) is 0 Å². The predicted molar refractivity (Wildman–Crippen MR) is 98.5 cm³/mol. The monoisotopic (exact) mass is 359 g/mol. The maximum Gasteiger partial charge on any atom is 0.314 e. The van der Waals surface area contributed by atoms with Crippen molar-refractivity contribution in [3.63, 3.8) is 0 Å². The van der Waals surface area contributed by atoms with Crippen molar-refractivity contribution in [1.82, 2.24) is 16.0 Å². The molecule has 0 atom stereocenters. The molecule has 1 aromatic heterocycles. The van der Waals surface area contributed by atoms with Crippen molar-refractivity contribution in [2.45, 2.75) is 19.3 Å². The number of hydrogen-bond acceptors (Lipinski definition) is 4. The van der Waals surface area contributed by atoms with Crippen LogP contribution >= 0.6 is 0 Å². The molecular weight excluding hydrogens is 334 g/mol. The zero-order chi connectivity index (χ0) is 19.0. The van der Waals surface area contributed by atoms with Gasteiger partial charge in [-0.2, -0.15) is 0 Å². The van der Waals surface area contributed by atoms with E-state index in [0.717, 1.165) is 11.3 Å². The van der Waals surface area contributed by atoms with Crippen LogP contribution in [0.25, 0.3) is 0 Å². The van der Waals surface area contributed by atoms with Gasteiger partial charge in [-0.3, -0.25) is 4.79 Å². The second-order valence-electron chi connectivity index (χ2n) is 6.43. The van der Waals surface area contributed by atoms with E-state index in [4.69, 9.17) is 9.15 Å². The smallest absolute Gasteiger partial charge is 0.314 e. The molecule has 140 valence electrons. The molecule has 1 heterocycles. The molecule has 0 spiro atoms. The lowest BCUT2D eigenvalue weighted by Gasteiger charge is -2.27. The minimum Gasteiger partial charge on any atom is -0.496 e. The molecular formula is C19H25N3O4. The Hall–Kier alpha value is -2.96. The van der Waals surface area contributed by atoms with Crippen LogP contribution in [0.1, 0.15) is 30.0 Å². The van der Waals surface area contributed by atoms with Gasteiger partial charge in [0.1, 0.15) is 5.75 Å². The Kier molecular flexibility index (Phi) is 6.66. The lowest BCUT2D eigenvalue weighted by Crippen LogP contribution is -2.44. The van der Waals surface area contributed by atoms with E-state index >= 15 is 0 Å². The van der Waals surface area contributed by atoms with E-state index in [0.29, 0.717) is 19.6 Å². The molecule has 26 heavy (non-hydrogen) atoms. The van der Waals surface area contributed by atoms with Gasteiger partial charge in [-0.25, -0.2) is 4.79 Å². The van der Waals surface area contributed by atoms with Crippen LogP contribution in [0.15, 0.2) is 47.1 Å². The first-order valence-electron chi connectivity index (χ1n) is 8.41. The van der Waals surface area contributed by atoms with Gasteiger partial charge in [-0.05, 0) is 18.2 Å². The maximum atomic E-state index is 12.0. The molecule has 0 aliphatic heterocycles. The molecule has 0 fully saturated rings. The summed E-state index contributed by atoms with van der Waals surface area (Å²) in [7, 11) is 1.63. The van der Waals surface area contributed by atoms with Gasteiger partial charge in [0.25, 0.3) is 5.91 Å². The topological polar surface area (TPSA) is 92.6 Å². The molecule has 0 unspecified atom stereocenters. The molecule has 0 aliphatic carbocycles.